The lowest BCUT2D eigenvalue weighted by Crippen LogP contribution is -2.17. The zero-order chi connectivity index (χ0) is 9.35. The van der Waals surface area contributed by atoms with Crippen molar-refractivity contribution in [1.29, 1.82) is 0 Å². The van der Waals surface area contributed by atoms with E-state index in [1.54, 1.807) is 4.68 Å². The monoisotopic (exact) mass is 185 g/mol. The average molecular weight is 185 g/mol. The van der Waals surface area contributed by atoms with Crippen LogP contribution >= 0.6 is 12.2 Å². The minimum Gasteiger partial charge on any atom is -0.283 e. The standard InChI is InChI=1S/C8H15N3S/c1-5-8(2,3)6-9-7(12)11(4)10-6/h5H2,1-4H3,(H,9,10,12). The van der Waals surface area contributed by atoms with Crippen molar-refractivity contribution in [2.75, 3.05) is 0 Å². The molecule has 1 aromatic heterocycles. The number of aryl methyl sites for hydroxylation is 1. The van der Waals surface area contributed by atoms with Crippen LogP contribution < -0.4 is 0 Å². The summed E-state index contributed by atoms with van der Waals surface area (Å²) in [6.45, 7) is 6.45. The van der Waals surface area contributed by atoms with Crippen molar-refractivity contribution >= 4 is 12.2 Å². The van der Waals surface area contributed by atoms with Crippen LogP contribution in [0.2, 0.25) is 0 Å². The van der Waals surface area contributed by atoms with Crippen molar-refractivity contribution in [3.8, 4) is 0 Å². The maximum Gasteiger partial charge on any atom is 0.215 e. The van der Waals surface area contributed by atoms with E-state index in [2.05, 4.69) is 30.9 Å². The Morgan fingerprint density at radius 1 is 1.58 bits per heavy atom. The Labute approximate surface area is 77.8 Å². The molecule has 0 aliphatic rings. The van der Waals surface area contributed by atoms with Crippen molar-refractivity contribution in [2.45, 2.75) is 32.6 Å². The van der Waals surface area contributed by atoms with Gasteiger partial charge in [0.25, 0.3) is 0 Å². The Bertz CT molecular complexity index is 321. The fraction of sp³-hybridized carbons (Fsp3) is 0.750. The largest absolute Gasteiger partial charge is 0.283 e. The lowest BCUT2D eigenvalue weighted by Gasteiger charge is -2.18. The molecule has 0 radical (unpaired) electrons. The topological polar surface area (TPSA) is 33.6 Å². The van der Waals surface area contributed by atoms with Gasteiger partial charge in [-0.1, -0.05) is 20.8 Å². The van der Waals surface area contributed by atoms with Crippen LogP contribution in [0.5, 0.6) is 0 Å². The van der Waals surface area contributed by atoms with E-state index in [0.717, 1.165) is 12.2 Å². The number of nitrogens with one attached hydrogen (secondary N) is 1. The molecule has 1 N–H and O–H groups in total. The fourth-order valence-corrected chi connectivity index (χ4v) is 1.01. The third-order valence-corrected chi connectivity index (χ3v) is 2.66. The van der Waals surface area contributed by atoms with Crippen LogP contribution in [0, 0.1) is 4.77 Å². The predicted octanol–water partition coefficient (Wildman–Crippen LogP) is 2.17. The van der Waals surface area contributed by atoms with Crippen LogP contribution in [0.25, 0.3) is 0 Å². The van der Waals surface area contributed by atoms with E-state index in [1.165, 1.54) is 0 Å². The first kappa shape index (κ1) is 9.45. The smallest absolute Gasteiger partial charge is 0.215 e. The van der Waals surface area contributed by atoms with Gasteiger partial charge in [-0.05, 0) is 18.6 Å². The molecule has 0 aliphatic heterocycles. The van der Waals surface area contributed by atoms with E-state index in [9.17, 15) is 0 Å². The summed E-state index contributed by atoms with van der Waals surface area (Å²) in [5.41, 5.74) is 0.0921. The van der Waals surface area contributed by atoms with Gasteiger partial charge in [-0.3, -0.25) is 9.78 Å². The molecule has 0 spiro atoms. The summed E-state index contributed by atoms with van der Waals surface area (Å²) >= 11 is 5.01. The number of hydrogen-bond donors (Lipinski definition) is 1. The van der Waals surface area contributed by atoms with Gasteiger partial charge >= 0.3 is 0 Å². The number of rotatable bonds is 2. The van der Waals surface area contributed by atoms with Crippen LogP contribution in [0.1, 0.15) is 33.0 Å². The van der Waals surface area contributed by atoms with E-state index in [-0.39, 0.29) is 5.41 Å². The Morgan fingerprint density at radius 2 is 2.17 bits per heavy atom. The molecule has 0 aromatic carbocycles. The number of hydrogen-bond acceptors (Lipinski definition) is 2. The predicted molar refractivity (Wildman–Crippen MR) is 51.7 cm³/mol. The second kappa shape index (κ2) is 3.01. The van der Waals surface area contributed by atoms with Crippen molar-refractivity contribution in [3.63, 3.8) is 0 Å². The third kappa shape index (κ3) is 1.58. The molecule has 0 saturated carbocycles. The SMILES string of the molecule is CCC(C)(C)c1nc(=S)n(C)[nH]1. The molecule has 0 aliphatic carbocycles. The molecule has 0 unspecified atom stereocenters. The van der Waals surface area contributed by atoms with Gasteiger partial charge in [0, 0.05) is 12.5 Å². The maximum atomic E-state index is 5.01. The maximum absolute atomic E-state index is 5.01. The normalized spacial score (nSPS) is 12.0. The van der Waals surface area contributed by atoms with Gasteiger partial charge in [-0.15, -0.1) is 0 Å². The Balaban J connectivity index is 3.12. The van der Waals surface area contributed by atoms with Crippen LogP contribution in [0.3, 0.4) is 0 Å². The van der Waals surface area contributed by atoms with Gasteiger partial charge in [0.1, 0.15) is 5.82 Å². The van der Waals surface area contributed by atoms with E-state index in [0.29, 0.717) is 4.77 Å². The molecule has 0 amide bonds. The molecule has 1 heterocycles. The van der Waals surface area contributed by atoms with Gasteiger partial charge in [-0.25, -0.2) is 4.98 Å². The van der Waals surface area contributed by atoms with Crippen LogP contribution in [-0.2, 0) is 12.5 Å². The van der Waals surface area contributed by atoms with Gasteiger partial charge < -0.3 is 0 Å². The molecular formula is C8H15N3S. The molecular weight excluding hydrogens is 170 g/mol. The highest BCUT2D eigenvalue weighted by atomic mass is 32.1. The lowest BCUT2D eigenvalue weighted by molar-refractivity contribution is 0.469. The number of H-pyrrole nitrogens is 1. The molecule has 68 valence electrons. The van der Waals surface area contributed by atoms with E-state index in [1.807, 2.05) is 7.05 Å². The zero-order valence-corrected chi connectivity index (χ0v) is 8.83. The van der Waals surface area contributed by atoms with Gasteiger partial charge in [0.2, 0.25) is 4.77 Å². The summed E-state index contributed by atoms with van der Waals surface area (Å²) in [5.74, 6) is 0.970. The minimum absolute atomic E-state index is 0.0921. The van der Waals surface area contributed by atoms with Crippen LogP contribution in [-0.4, -0.2) is 14.8 Å². The van der Waals surface area contributed by atoms with Crippen molar-refractivity contribution in [3.05, 3.63) is 10.6 Å². The van der Waals surface area contributed by atoms with Crippen molar-refractivity contribution in [1.82, 2.24) is 14.8 Å². The minimum atomic E-state index is 0.0921. The number of aromatic amines is 1. The van der Waals surface area contributed by atoms with Gasteiger partial charge in [0.15, 0.2) is 0 Å². The molecule has 3 nitrogen and oxygen atoms in total. The van der Waals surface area contributed by atoms with Gasteiger partial charge in [0.05, 0.1) is 0 Å². The van der Waals surface area contributed by atoms with E-state index < -0.39 is 0 Å². The highest BCUT2D eigenvalue weighted by Crippen LogP contribution is 2.22. The van der Waals surface area contributed by atoms with Crippen molar-refractivity contribution in [2.24, 2.45) is 7.05 Å². The quantitative estimate of drug-likeness (QED) is 0.716. The first-order valence-corrected chi connectivity index (χ1v) is 4.51. The molecule has 1 aromatic rings. The van der Waals surface area contributed by atoms with Crippen LogP contribution in [0.15, 0.2) is 0 Å². The summed E-state index contributed by atoms with van der Waals surface area (Å²) in [6.07, 6.45) is 1.05. The fourth-order valence-electron chi connectivity index (χ4n) is 0.872. The second-order valence-corrected chi connectivity index (χ2v) is 4.02. The molecule has 0 saturated heterocycles. The Hall–Kier alpha value is -0.640. The second-order valence-electron chi connectivity index (χ2n) is 3.65. The molecule has 0 bridgehead atoms. The summed E-state index contributed by atoms with van der Waals surface area (Å²) in [4.78, 5) is 4.27. The van der Waals surface area contributed by atoms with Crippen LogP contribution in [0.4, 0.5) is 0 Å². The Morgan fingerprint density at radius 3 is 2.50 bits per heavy atom. The first-order chi connectivity index (χ1) is 5.47. The summed E-state index contributed by atoms with van der Waals surface area (Å²) in [5, 5.41) is 3.14. The van der Waals surface area contributed by atoms with E-state index >= 15 is 0 Å². The third-order valence-electron chi connectivity index (χ3n) is 2.29. The first-order valence-electron chi connectivity index (χ1n) is 4.11. The Kier molecular flexibility index (Phi) is 2.37. The summed E-state index contributed by atoms with van der Waals surface area (Å²) < 4.78 is 2.38. The molecule has 1 rings (SSSR count). The zero-order valence-electron chi connectivity index (χ0n) is 8.01. The molecule has 4 heteroatoms. The molecule has 0 fully saturated rings. The average Bonchev–Trinajstić information content (AvgIpc) is 2.33. The summed E-state index contributed by atoms with van der Waals surface area (Å²) in [7, 11) is 1.88. The lowest BCUT2D eigenvalue weighted by atomic mass is 9.90. The highest BCUT2D eigenvalue weighted by molar-refractivity contribution is 7.71. The molecule has 12 heavy (non-hydrogen) atoms. The van der Waals surface area contributed by atoms with Crippen molar-refractivity contribution < 1.29 is 0 Å². The number of aromatic nitrogens is 3. The van der Waals surface area contributed by atoms with Gasteiger partial charge in [-0.2, -0.15) is 0 Å². The van der Waals surface area contributed by atoms with E-state index in [4.69, 9.17) is 12.2 Å². The molecule has 0 atom stereocenters. The summed E-state index contributed by atoms with van der Waals surface area (Å²) in [6, 6.07) is 0. The number of nitrogens with zero attached hydrogens (tertiary/aromatic N) is 2. The highest BCUT2D eigenvalue weighted by Gasteiger charge is 2.21.